The van der Waals surface area contributed by atoms with Gasteiger partial charge in [-0.25, -0.2) is 4.98 Å². The smallest absolute Gasteiger partial charge is 0.254 e. The zero-order chi connectivity index (χ0) is 19.8. The lowest BCUT2D eigenvalue weighted by Crippen LogP contribution is -2.34. The number of nitrogens with zero attached hydrogens (tertiary/aromatic N) is 2. The average molecular weight is 377 g/mol. The van der Waals surface area contributed by atoms with Gasteiger partial charge < -0.3 is 14.5 Å². The second-order valence-corrected chi connectivity index (χ2v) is 7.25. The van der Waals surface area contributed by atoms with Crippen LogP contribution in [0.5, 0.6) is 5.75 Å². The highest BCUT2D eigenvalue weighted by Gasteiger charge is 2.25. The molecular formula is C22H23N3O3. The van der Waals surface area contributed by atoms with Gasteiger partial charge in [0.05, 0.1) is 29.2 Å². The Morgan fingerprint density at radius 1 is 1.21 bits per heavy atom. The normalized spacial score (nSPS) is 15.2. The predicted molar refractivity (Wildman–Crippen MR) is 106 cm³/mol. The van der Waals surface area contributed by atoms with Gasteiger partial charge in [-0.1, -0.05) is 0 Å². The molecule has 3 aromatic rings. The van der Waals surface area contributed by atoms with E-state index in [2.05, 4.69) is 21.4 Å². The molecule has 144 valence electrons. The number of hydrogen-bond donors (Lipinski definition) is 1. The fourth-order valence-corrected chi connectivity index (χ4v) is 3.55. The molecule has 1 atom stereocenters. The molecule has 1 aliphatic rings. The van der Waals surface area contributed by atoms with Crippen LogP contribution in [0.2, 0.25) is 0 Å². The summed E-state index contributed by atoms with van der Waals surface area (Å²) >= 11 is 0. The third kappa shape index (κ3) is 3.50. The summed E-state index contributed by atoms with van der Waals surface area (Å²) in [6, 6.07) is 7.84. The lowest BCUT2D eigenvalue weighted by atomic mass is 10.0. The van der Waals surface area contributed by atoms with Crippen LogP contribution in [0, 0.1) is 27.7 Å². The minimum absolute atomic E-state index is 0.0906. The molecule has 3 heterocycles. The van der Waals surface area contributed by atoms with Crippen molar-refractivity contribution >= 4 is 5.91 Å². The maximum absolute atomic E-state index is 12.4. The van der Waals surface area contributed by atoms with Crippen LogP contribution in [0.4, 0.5) is 0 Å². The number of fused-ring (bicyclic) bond motifs is 1. The van der Waals surface area contributed by atoms with E-state index in [4.69, 9.17) is 9.15 Å². The molecule has 0 spiro atoms. The van der Waals surface area contributed by atoms with Gasteiger partial charge in [-0.15, -0.1) is 0 Å². The lowest BCUT2D eigenvalue weighted by Gasteiger charge is -2.11. The summed E-state index contributed by atoms with van der Waals surface area (Å²) in [5.74, 6) is 2.08. The van der Waals surface area contributed by atoms with Crippen LogP contribution in [0.25, 0.3) is 11.3 Å². The molecule has 0 unspecified atom stereocenters. The largest absolute Gasteiger partial charge is 0.488 e. The van der Waals surface area contributed by atoms with Gasteiger partial charge in [0.2, 0.25) is 0 Å². The van der Waals surface area contributed by atoms with Crippen molar-refractivity contribution < 1.29 is 13.9 Å². The molecule has 0 radical (unpaired) electrons. The van der Waals surface area contributed by atoms with Gasteiger partial charge in [0, 0.05) is 18.2 Å². The van der Waals surface area contributed by atoms with E-state index in [9.17, 15) is 4.79 Å². The Balaban J connectivity index is 1.45. The number of furan rings is 1. The maximum atomic E-state index is 12.4. The number of carbonyl (C=O) groups excluding carboxylic acids is 1. The number of hydrogen-bond acceptors (Lipinski definition) is 5. The van der Waals surface area contributed by atoms with Crippen molar-refractivity contribution in [2.45, 2.75) is 40.2 Å². The molecule has 0 saturated heterocycles. The summed E-state index contributed by atoms with van der Waals surface area (Å²) in [7, 11) is 0. The van der Waals surface area contributed by atoms with Crippen LogP contribution in [0.1, 0.15) is 38.8 Å². The third-order valence-electron chi connectivity index (χ3n) is 4.93. The van der Waals surface area contributed by atoms with Gasteiger partial charge in [-0.3, -0.25) is 9.78 Å². The zero-order valence-corrected chi connectivity index (χ0v) is 16.5. The van der Waals surface area contributed by atoms with Crippen molar-refractivity contribution in [3.05, 3.63) is 64.5 Å². The van der Waals surface area contributed by atoms with Crippen molar-refractivity contribution in [3.8, 4) is 17.0 Å². The molecule has 1 N–H and O–H groups in total. The van der Waals surface area contributed by atoms with Gasteiger partial charge in [0.15, 0.2) is 0 Å². The number of nitrogens with one attached hydrogen (secondary N) is 1. The predicted octanol–water partition coefficient (Wildman–Crippen LogP) is 3.70. The first-order valence-corrected chi connectivity index (χ1v) is 9.36. The second-order valence-electron chi connectivity index (χ2n) is 7.25. The first-order valence-electron chi connectivity index (χ1n) is 9.36. The minimum Gasteiger partial charge on any atom is -0.488 e. The molecule has 6 nitrogen and oxygen atoms in total. The maximum Gasteiger partial charge on any atom is 0.254 e. The zero-order valence-electron chi connectivity index (χ0n) is 16.5. The van der Waals surface area contributed by atoms with Crippen molar-refractivity contribution in [2.75, 3.05) is 6.54 Å². The summed E-state index contributed by atoms with van der Waals surface area (Å²) < 4.78 is 11.4. The summed E-state index contributed by atoms with van der Waals surface area (Å²) in [5.41, 5.74) is 5.41. The first-order chi connectivity index (χ1) is 13.4. The minimum atomic E-state index is -0.139. The Hall–Kier alpha value is -3.15. The van der Waals surface area contributed by atoms with Crippen molar-refractivity contribution in [1.82, 2.24) is 15.3 Å². The molecule has 0 saturated carbocycles. The Kier molecular flexibility index (Phi) is 4.63. The Morgan fingerprint density at radius 2 is 2.04 bits per heavy atom. The quantitative estimate of drug-likeness (QED) is 0.750. The molecule has 1 aliphatic heterocycles. The molecular weight excluding hydrogens is 354 g/mol. The van der Waals surface area contributed by atoms with E-state index in [1.807, 2.05) is 32.9 Å². The average Bonchev–Trinajstić information content (AvgIpc) is 3.23. The molecule has 2 aromatic heterocycles. The SMILES string of the molecule is Cc1cnc(C)c(-c2ccc3c(c2)C[C@H](CNC(=O)c2cc(C)oc2C)O3)n1. The Labute approximate surface area is 164 Å². The monoisotopic (exact) mass is 377 g/mol. The van der Waals surface area contributed by atoms with E-state index in [0.29, 0.717) is 17.9 Å². The Morgan fingerprint density at radius 3 is 2.79 bits per heavy atom. The number of benzene rings is 1. The van der Waals surface area contributed by atoms with E-state index in [1.165, 1.54) is 0 Å². The summed E-state index contributed by atoms with van der Waals surface area (Å²) in [6.45, 7) is 7.97. The Bertz CT molecular complexity index is 1060. The summed E-state index contributed by atoms with van der Waals surface area (Å²) in [6.07, 6.45) is 2.43. The van der Waals surface area contributed by atoms with Gasteiger partial charge in [-0.2, -0.15) is 0 Å². The lowest BCUT2D eigenvalue weighted by molar-refractivity contribution is 0.0932. The van der Waals surface area contributed by atoms with Crippen LogP contribution < -0.4 is 10.1 Å². The molecule has 0 bridgehead atoms. The van der Waals surface area contributed by atoms with Crippen molar-refractivity contribution in [1.29, 1.82) is 0 Å². The number of rotatable bonds is 4. The van der Waals surface area contributed by atoms with Crippen LogP contribution in [-0.2, 0) is 6.42 Å². The standard InChI is InChI=1S/C22H23N3O3/c1-12-10-23-14(3)21(25-12)16-5-6-20-17(8-16)9-18(28-20)11-24-22(26)19-7-13(2)27-15(19)4/h5-8,10,18H,9,11H2,1-4H3,(H,24,26)/t18-/m1/s1. The molecule has 0 aliphatic carbocycles. The second kappa shape index (κ2) is 7.11. The molecule has 1 aromatic carbocycles. The van der Waals surface area contributed by atoms with Gasteiger partial charge in [0.1, 0.15) is 23.4 Å². The van der Waals surface area contributed by atoms with E-state index in [1.54, 1.807) is 19.2 Å². The van der Waals surface area contributed by atoms with Gasteiger partial charge in [0.25, 0.3) is 5.91 Å². The van der Waals surface area contributed by atoms with E-state index < -0.39 is 0 Å². The van der Waals surface area contributed by atoms with E-state index in [-0.39, 0.29) is 12.0 Å². The molecule has 28 heavy (non-hydrogen) atoms. The molecule has 1 amide bonds. The van der Waals surface area contributed by atoms with Gasteiger partial charge >= 0.3 is 0 Å². The summed E-state index contributed by atoms with van der Waals surface area (Å²) in [5, 5.41) is 2.95. The molecule has 0 fully saturated rings. The van der Waals surface area contributed by atoms with E-state index >= 15 is 0 Å². The van der Waals surface area contributed by atoms with Crippen molar-refractivity contribution in [3.63, 3.8) is 0 Å². The van der Waals surface area contributed by atoms with Crippen molar-refractivity contribution in [2.24, 2.45) is 0 Å². The topological polar surface area (TPSA) is 77.2 Å². The highest BCUT2D eigenvalue weighted by atomic mass is 16.5. The van der Waals surface area contributed by atoms with Crippen LogP contribution in [0.15, 0.2) is 34.9 Å². The highest BCUT2D eigenvalue weighted by molar-refractivity contribution is 5.95. The van der Waals surface area contributed by atoms with Crippen LogP contribution in [0.3, 0.4) is 0 Å². The van der Waals surface area contributed by atoms with Crippen LogP contribution in [-0.4, -0.2) is 28.5 Å². The van der Waals surface area contributed by atoms with Crippen LogP contribution >= 0.6 is 0 Å². The number of carbonyl (C=O) groups is 1. The molecule has 4 rings (SSSR count). The fraction of sp³-hybridized carbons (Fsp3) is 0.318. The summed E-state index contributed by atoms with van der Waals surface area (Å²) in [4.78, 5) is 21.4. The molecule has 6 heteroatoms. The number of amides is 1. The number of aryl methyl sites for hydroxylation is 4. The van der Waals surface area contributed by atoms with E-state index in [0.717, 1.165) is 46.1 Å². The highest BCUT2D eigenvalue weighted by Crippen LogP contribution is 2.33. The number of ether oxygens (including phenoxy) is 1. The first kappa shape index (κ1) is 18.2. The fourth-order valence-electron chi connectivity index (χ4n) is 3.55. The third-order valence-corrected chi connectivity index (χ3v) is 4.93. The van der Waals surface area contributed by atoms with Gasteiger partial charge in [-0.05, 0) is 57.5 Å². The number of aromatic nitrogens is 2.